The van der Waals surface area contributed by atoms with Gasteiger partial charge in [-0.15, -0.1) is 0 Å². The number of carbonyl (C=O) groups excluding carboxylic acids is 4. The van der Waals surface area contributed by atoms with Gasteiger partial charge >= 0.3 is 5.97 Å². The van der Waals surface area contributed by atoms with E-state index in [9.17, 15) is 23.6 Å². The van der Waals surface area contributed by atoms with Crippen LogP contribution in [0.4, 0.5) is 10.1 Å². The highest BCUT2D eigenvalue weighted by Crippen LogP contribution is 2.26. The van der Waals surface area contributed by atoms with Crippen LogP contribution in [0.1, 0.15) is 36.8 Å². The molecule has 1 aliphatic heterocycles. The van der Waals surface area contributed by atoms with Crippen molar-refractivity contribution in [2.75, 3.05) is 11.9 Å². The number of nitrogens with zero attached hydrogens (tertiary/aromatic N) is 1. The van der Waals surface area contributed by atoms with E-state index in [4.69, 9.17) is 20.8 Å². The van der Waals surface area contributed by atoms with Crippen molar-refractivity contribution in [2.45, 2.75) is 6.54 Å². The van der Waals surface area contributed by atoms with Crippen molar-refractivity contribution >= 4 is 41.0 Å². The Kier molecular flexibility index (Phi) is 5.74. The van der Waals surface area contributed by atoms with Gasteiger partial charge in [-0.2, -0.15) is 0 Å². The fraction of sp³-hybridized carbons (Fsp3) is 0.0909. The van der Waals surface area contributed by atoms with Crippen molar-refractivity contribution < 1.29 is 32.7 Å². The van der Waals surface area contributed by atoms with E-state index in [0.717, 1.165) is 11.0 Å². The Balaban J connectivity index is 1.40. The predicted octanol–water partition coefficient (Wildman–Crippen LogP) is 3.66. The molecule has 0 saturated carbocycles. The van der Waals surface area contributed by atoms with Gasteiger partial charge in [-0.1, -0.05) is 11.6 Å². The number of carbonyl (C=O) groups is 4. The van der Waals surface area contributed by atoms with Crippen LogP contribution in [-0.2, 0) is 16.1 Å². The van der Waals surface area contributed by atoms with E-state index >= 15 is 0 Å². The maximum absolute atomic E-state index is 13.2. The lowest BCUT2D eigenvalue weighted by atomic mass is 10.1. The Morgan fingerprint density at radius 3 is 2.56 bits per heavy atom. The molecule has 1 N–H and O–H groups in total. The normalized spacial score (nSPS) is 12.6. The number of furan rings is 1. The maximum atomic E-state index is 13.2. The summed E-state index contributed by atoms with van der Waals surface area (Å²) in [6.07, 6.45) is 1.43. The van der Waals surface area contributed by atoms with E-state index in [2.05, 4.69) is 5.32 Å². The van der Waals surface area contributed by atoms with Crippen LogP contribution < -0.4 is 5.32 Å². The van der Waals surface area contributed by atoms with Crippen molar-refractivity contribution in [3.8, 4) is 0 Å². The number of amides is 3. The largest absolute Gasteiger partial charge is 0.467 e. The molecule has 162 valence electrons. The highest BCUT2D eigenvalue weighted by Gasteiger charge is 2.36. The van der Waals surface area contributed by atoms with E-state index in [1.54, 1.807) is 12.1 Å². The van der Waals surface area contributed by atoms with Crippen molar-refractivity contribution in [3.63, 3.8) is 0 Å². The zero-order valence-corrected chi connectivity index (χ0v) is 17.0. The Bertz CT molecular complexity index is 1240. The molecule has 0 spiro atoms. The molecule has 0 unspecified atom stereocenters. The number of rotatable bonds is 6. The second-order valence-electron chi connectivity index (χ2n) is 6.79. The summed E-state index contributed by atoms with van der Waals surface area (Å²) in [6, 6.07) is 10.8. The van der Waals surface area contributed by atoms with Crippen molar-refractivity contribution in [2.24, 2.45) is 0 Å². The van der Waals surface area contributed by atoms with E-state index in [1.807, 2.05) is 0 Å². The number of hydrogen-bond acceptors (Lipinski definition) is 6. The molecule has 3 aromatic rings. The average molecular weight is 457 g/mol. The van der Waals surface area contributed by atoms with Crippen LogP contribution >= 0.6 is 11.6 Å². The van der Waals surface area contributed by atoms with Crippen LogP contribution in [0.5, 0.6) is 0 Å². The number of benzene rings is 2. The van der Waals surface area contributed by atoms with E-state index < -0.39 is 36.1 Å². The van der Waals surface area contributed by atoms with Gasteiger partial charge in [0.15, 0.2) is 6.61 Å². The molecule has 0 aliphatic carbocycles. The standard InChI is InChI=1S/C22H14ClFN2O6/c23-17-9-13(4-6-18(17)24)25-19(27)11-32-22(30)12-3-5-15-16(8-12)21(29)26(20(15)28)10-14-2-1-7-31-14/h1-9H,10-11H2,(H,25,27). The summed E-state index contributed by atoms with van der Waals surface area (Å²) >= 11 is 5.65. The zero-order valence-electron chi connectivity index (χ0n) is 16.3. The smallest absolute Gasteiger partial charge is 0.338 e. The van der Waals surface area contributed by atoms with Crippen molar-refractivity contribution in [3.05, 3.63) is 88.1 Å². The number of imide groups is 1. The lowest BCUT2D eigenvalue weighted by molar-refractivity contribution is -0.119. The van der Waals surface area contributed by atoms with Gasteiger partial charge in [0.05, 0.1) is 34.5 Å². The van der Waals surface area contributed by atoms with Gasteiger partial charge in [0.1, 0.15) is 11.6 Å². The average Bonchev–Trinajstić information content (AvgIpc) is 3.37. The Hall–Kier alpha value is -3.98. The number of ether oxygens (including phenoxy) is 1. The molecular weight excluding hydrogens is 443 g/mol. The fourth-order valence-corrected chi connectivity index (χ4v) is 3.29. The third-order valence-corrected chi connectivity index (χ3v) is 4.93. The zero-order chi connectivity index (χ0) is 22.8. The molecule has 10 heteroatoms. The monoisotopic (exact) mass is 456 g/mol. The molecule has 4 rings (SSSR count). The summed E-state index contributed by atoms with van der Waals surface area (Å²) in [6.45, 7) is -0.658. The van der Waals surface area contributed by atoms with E-state index in [0.29, 0.717) is 5.76 Å². The molecular formula is C22H14ClFN2O6. The Morgan fingerprint density at radius 1 is 1.06 bits per heavy atom. The minimum absolute atomic E-state index is 0.00220. The summed E-state index contributed by atoms with van der Waals surface area (Å²) < 4.78 is 23.3. The third kappa shape index (κ3) is 4.23. The minimum atomic E-state index is -0.857. The molecule has 0 fully saturated rings. The molecule has 1 aliphatic rings. The third-order valence-electron chi connectivity index (χ3n) is 4.64. The van der Waals surface area contributed by atoms with Crippen molar-refractivity contribution in [1.82, 2.24) is 4.90 Å². The number of halogens is 2. The summed E-state index contributed by atoms with van der Waals surface area (Å²) in [5.41, 5.74) is 0.448. The fourth-order valence-electron chi connectivity index (χ4n) is 3.11. The molecule has 2 aromatic carbocycles. The lowest BCUT2D eigenvalue weighted by Gasteiger charge is -2.11. The predicted molar refractivity (Wildman–Crippen MR) is 110 cm³/mol. The molecule has 32 heavy (non-hydrogen) atoms. The van der Waals surface area contributed by atoms with Crippen LogP contribution in [0.25, 0.3) is 0 Å². The summed E-state index contributed by atoms with van der Waals surface area (Å²) in [5, 5.41) is 2.25. The molecule has 0 saturated heterocycles. The Labute approximate surface area is 185 Å². The number of esters is 1. The summed E-state index contributed by atoms with van der Waals surface area (Å²) in [4.78, 5) is 50.5. The van der Waals surface area contributed by atoms with E-state index in [-0.39, 0.29) is 33.9 Å². The molecule has 1 aromatic heterocycles. The lowest BCUT2D eigenvalue weighted by Crippen LogP contribution is -2.28. The topological polar surface area (TPSA) is 106 Å². The maximum Gasteiger partial charge on any atom is 0.338 e. The summed E-state index contributed by atoms with van der Waals surface area (Å²) in [7, 11) is 0. The second-order valence-corrected chi connectivity index (χ2v) is 7.20. The second kappa shape index (κ2) is 8.64. The number of fused-ring (bicyclic) bond motifs is 1. The first kappa shape index (κ1) is 21.3. The first-order chi connectivity index (χ1) is 15.3. The van der Waals surface area contributed by atoms with Gasteiger partial charge in [0.2, 0.25) is 0 Å². The minimum Gasteiger partial charge on any atom is -0.467 e. The van der Waals surface area contributed by atoms with Gasteiger partial charge in [-0.3, -0.25) is 19.3 Å². The number of hydrogen-bond donors (Lipinski definition) is 1. The molecule has 8 nitrogen and oxygen atoms in total. The van der Waals surface area contributed by atoms with Crippen LogP contribution in [0.2, 0.25) is 5.02 Å². The quantitative estimate of drug-likeness (QED) is 0.448. The summed E-state index contributed by atoms with van der Waals surface area (Å²) in [5.74, 6) is -2.79. The molecule has 2 heterocycles. The van der Waals surface area contributed by atoms with Gasteiger partial charge in [-0.05, 0) is 48.5 Å². The highest BCUT2D eigenvalue weighted by atomic mass is 35.5. The van der Waals surface area contributed by atoms with Gasteiger partial charge in [0.25, 0.3) is 17.7 Å². The Morgan fingerprint density at radius 2 is 1.84 bits per heavy atom. The van der Waals surface area contributed by atoms with Gasteiger partial charge in [-0.25, -0.2) is 9.18 Å². The van der Waals surface area contributed by atoms with Gasteiger partial charge < -0.3 is 14.5 Å². The van der Waals surface area contributed by atoms with E-state index in [1.165, 1.54) is 36.6 Å². The van der Waals surface area contributed by atoms with Crippen LogP contribution in [0.3, 0.4) is 0 Å². The molecule has 0 atom stereocenters. The molecule has 0 radical (unpaired) electrons. The molecule has 0 bridgehead atoms. The van der Waals surface area contributed by atoms with Crippen molar-refractivity contribution in [1.29, 1.82) is 0 Å². The van der Waals surface area contributed by atoms with Gasteiger partial charge in [0, 0.05) is 5.69 Å². The van der Waals surface area contributed by atoms with Crippen LogP contribution in [-0.4, -0.2) is 35.2 Å². The first-order valence-electron chi connectivity index (χ1n) is 9.28. The van der Waals surface area contributed by atoms with Crippen LogP contribution in [0, 0.1) is 5.82 Å². The SMILES string of the molecule is O=C(COC(=O)c1ccc2c(c1)C(=O)N(Cc1ccco1)C2=O)Nc1ccc(F)c(Cl)c1. The highest BCUT2D eigenvalue weighted by molar-refractivity contribution is 6.31. The molecule has 3 amide bonds. The first-order valence-corrected chi connectivity index (χ1v) is 9.66. The van der Waals surface area contributed by atoms with Crippen LogP contribution in [0.15, 0.2) is 59.2 Å². The number of anilines is 1. The number of nitrogens with one attached hydrogen (secondary N) is 1.